The Kier molecular flexibility index (Phi) is 5.95. The van der Waals surface area contributed by atoms with Crippen molar-refractivity contribution in [1.82, 2.24) is 15.2 Å². The topological polar surface area (TPSA) is 54.5 Å². The Morgan fingerprint density at radius 1 is 1.45 bits per heavy atom. The number of likely N-dealkylation sites (N-methyl/N-ethyl adjacent to an activating group) is 1. The van der Waals surface area contributed by atoms with E-state index in [1.165, 1.54) is 0 Å². The largest absolute Gasteiger partial charge is 0.444 e. The molecule has 0 saturated carbocycles. The van der Waals surface area contributed by atoms with Crippen LogP contribution in [0.3, 0.4) is 0 Å². The van der Waals surface area contributed by atoms with Crippen LogP contribution in [0, 0.1) is 0 Å². The number of carbonyl (C=O) groups excluding carboxylic acids is 1. The van der Waals surface area contributed by atoms with Crippen LogP contribution < -0.4 is 5.32 Å². The lowest BCUT2D eigenvalue weighted by Gasteiger charge is -2.25. The fourth-order valence-corrected chi connectivity index (χ4v) is 1.60. The standard InChI is InChI=1S/C15H25N3O2/c1-12(10-17-14(19)20-15(2,3)4)18(5)11-13-8-6-7-9-16-13/h6-9,12H,10-11H2,1-5H3,(H,17,19). The van der Waals surface area contributed by atoms with Crippen LogP contribution in [0.4, 0.5) is 4.79 Å². The SMILES string of the molecule is CC(CNC(=O)OC(C)(C)C)N(C)Cc1ccccn1. The molecule has 0 aromatic carbocycles. The molecule has 0 aliphatic heterocycles. The Morgan fingerprint density at radius 3 is 2.70 bits per heavy atom. The van der Waals surface area contributed by atoms with E-state index < -0.39 is 5.60 Å². The summed E-state index contributed by atoms with van der Waals surface area (Å²) in [6.07, 6.45) is 1.41. The summed E-state index contributed by atoms with van der Waals surface area (Å²) in [6.45, 7) is 8.90. The normalized spacial score (nSPS) is 13.1. The lowest BCUT2D eigenvalue weighted by atomic mass is 10.2. The monoisotopic (exact) mass is 279 g/mol. The van der Waals surface area contributed by atoms with Gasteiger partial charge >= 0.3 is 6.09 Å². The summed E-state index contributed by atoms with van der Waals surface area (Å²) in [5.74, 6) is 0. The molecule has 5 nitrogen and oxygen atoms in total. The minimum atomic E-state index is -0.465. The molecule has 0 fully saturated rings. The van der Waals surface area contributed by atoms with E-state index in [0.29, 0.717) is 6.54 Å². The second-order valence-corrected chi connectivity index (χ2v) is 5.97. The van der Waals surface area contributed by atoms with Gasteiger partial charge in [-0.05, 0) is 46.9 Å². The van der Waals surface area contributed by atoms with Crippen LogP contribution in [0.15, 0.2) is 24.4 Å². The molecule has 1 rings (SSSR count). The predicted molar refractivity (Wildman–Crippen MR) is 79.4 cm³/mol. The summed E-state index contributed by atoms with van der Waals surface area (Å²) in [4.78, 5) is 18.0. The van der Waals surface area contributed by atoms with Crippen LogP contribution >= 0.6 is 0 Å². The second-order valence-electron chi connectivity index (χ2n) is 5.97. The summed E-state index contributed by atoms with van der Waals surface area (Å²) in [5.41, 5.74) is 0.548. The molecular weight excluding hydrogens is 254 g/mol. The molecule has 20 heavy (non-hydrogen) atoms. The van der Waals surface area contributed by atoms with Gasteiger partial charge in [0.1, 0.15) is 5.60 Å². The molecule has 0 saturated heterocycles. The molecular formula is C15H25N3O2. The molecule has 1 heterocycles. The van der Waals surface area contributed by atoms with E-state index in [1.54, 1.807) is 6.20 Å². The molecule has 112 valence electrons. The fourth-order valence-electron chi connectivity index (χ4n) is 1.60. The number of amides is 1. The number of nitrogens with one attached hydrogen (secondary N) is 1. The molecule has 1 unspecified atom stereocenters. The van der Waals surface area contributed by atoms with Gasteiger partial charge in [-0.25, -0.2) is 4.79 Å². The molecule has 0 aliphatic carbocycles. The molecule has 1 atom stereocenters. The Bertz CT molecular complexity index is 415. The first-order valence-electron chi connectivity index (χ1n) is 6.85. The number of rotatable bonds is 5. The third kappa shape index (κ3) is 6.52. The van der Waals surface area contributed by atoms with E-state index in [2.05, 4.69) is 22.1 Å². The Balaban J connectivity index is 2.35. The number of alkyl carbamates (subject to hydrolysis) is 1. The van der Waals surface area contributed by atoms with Crippen LogP contribution in [0.25, 0.3) is 0 Å². The van der Waals surface area contributed by atoms with Crippen molar-refractivity contribution in [3.63, 3.8) is 0 Å². The number of hydrogen-bond acceptors (Lipinski definition) is 4. The average molecular weight is 279 g/mol. The van der Waals surface area contributed by atoms with Gasteiger partial charge in [0.15, 0.2) is 0 Å². The molecule has 1 amide bonds. The van der Waals surface area contributed by atoms with Crippen LogP contribution in [0.2, 0.25) is 0 Å². The highest BCUT2D eigenvalue weighted by atomic mass is 16.6. The van der Waals surface area contributed by atoms with Gasteiger partial charge in [0.25, 0.3) is 0 Å². The quantitative estimate of drug-likeness (QED) is 0.899. The second kappa shape index (κ2) is 7.24. The van der Waals surface area contributed by atoms with Crippen LogP contribution in [-0.2, 0) is 11.3 Å². The number of nitrogens with zero attached hydrogens (tertiary/aromatic N) is 2. The first-order valence-corrected chi connectivity index (χ1v) is 6.85. The van der Waals surface area contributed by atoms with Crippen molar-refractivity contribution in [3.8, 4) is 0 Å². The zero-order chi connectivity index (χ0) is 15.2. The molecule has 1 N–H and O–H groups in total. The maximum absolute atomic E-state index is 11.6. The molecule has 0 radical (unpaired) electrons. The van der Waals surface area contributed by atoms with Crippen molar-refractivity contribution in [1.29, 1.82) is 0 Å². The van der Waals surface area contributed by atoms with Crippen LogP contribution in [-0.4, -0.2) is 41.2 Å². The van der Waals surface area contributed by atoms with Gasteiger partial charge in [-0.3, -0.25) is 9.88 Å². The number of pyridine rings is 1. The summed E-state index contributed by atoms with van der Waals surface area (Å²) in [6, 6.07) is 6.06. The van der Waals surface area contributed by atoms with E-state index in [0.717, 1.165) is 12.2 Å². The highest BCUT2D eigenvalue weighted by Gasteiger charge is 2.17. The first kappa shape index (κ1) is 16.4. The van der Waals surface area contributed by atoms with Gasteiger partial charge in [-0.1, -0.05) is 6.07 Å². The Labute approximate surface area is 121 Å². The first-order chi connectivity index (χ1) is 9.28. The average Bonchev–Trinajstić information content (AvgIpc) is 2.35. The Morgan fingerprint density at radius 2 is 2.15 bits per heavy atom. The fraction of sp³-hybridized carbons (Fsp3) is 0.600. The van der Waals surface area contributed by atoms with Crippen molar-refractivity contribution in [3.05, 3.63) is 30.1 Å². The predicted octanol–water partition coefficient (Wildman–Crippen LogP) is 2.43. The van der Waals surface area contributed by atoms with Gasteiger partial charge in [0.05, 0.1) is 5.69 Å². The highest BCUT2D eigenvalue weighted by molar-refractivity contribution is 5.67. The molecule has 1 aromatic rings. The van der Waals surface area contributed by atoms with Crippen molar-refractivity contribution >= 4 is 6.09 Å². The third-order valence-corrected chi connectivity index (χ3v) is 2.83. The van der Waals surface area contributed by atoms with Crippen LogP contribution in [0.1, 0.15) is 33.4 Å². The van der Waals surface area contributed by atoms with Crippen LogP contribution in [0.5, 0.6) is 0 Å². The van der Waals surface area contributed by atoms with Gasteiger partial charge in [0, 0.05) is 25.3 Å². The van der Waals surface area contributed by atoms with Crippen molar-refractivity contribution in [2.24, 2.45) is 0 Å². The molecule has 0 spiro atoms. The minimum Gasteiger partial charge on any atom is -0.444 e. The van der Waals surface area contributed by atoms with E-state index in [1.807, 2.05) is 46.0 Å². The lowest BCUT2D eigenvalue weighted by molar-refractivity contribution is 0.0512. The summed E-state index contributed by atoms with van der Waals surface area (Å²) in [5, 5.41) is 2.78. The summed E-state index contributed by atoms with van der Waals surface area (Å²) >= 11 is 0. The molecule has 0 aliphatic rings. The molecule has 0 bridgehead atoms. The third-order valence-electron chi connectivity index (χ3n) is 2.83. The number of aromatic nitrogens is 1. The maximum Gasteiger partial charge on any atom is 0.407 e. The Hall–Kier alpha value is -1.62. The number of ether oxygens (including phenoxy) is 1. The van der Waals surface area contributed by atoms with Gasteiger partial charge in [-0.15, -0.1) is 0 Å². The van der Waals surface area contributed by atoms with E-state index in [9.17, 15) is 4.79 Å². The zero-order valence-corrected chi connectivity index (χ0v) is 13.0. The van der Waals surface area contributed by atoms with Crippen molar-refractivity contribution in [2.75, 3.05) is 13.6 Å². The maximum atomic E-state index is 11.6. The van der Waals surface area contributed by atoms with E-state index >= 15 is 0 Å². The summed E-state index contributed by atoms with van der Waals surface area (Å²) in [7, 11) is 2.01. The van der Waals surface area contributed by atoms with E-state index in [4.69, 9.17) is 4.74 Å². The summed E-state index contributed by atoms with van der Waals surface area (Å²) < 4.78 is 5.21. The highest BCUT2D eigenvalue weighted by Crippen LogP contribution is 2.07. The molecule has 1 aromatic heterocycles. The molecule has 5 heteroatoms. The van der Waals surface area contributed by atoms with Gasteiger partial charge in [0.2, 0.25) is 0 Å². The smallest absolute Gasteiger partial charge is 0.407 e. The van der Waals surface area contributed by atoms with Crippen molar-refractivity contribution in [2.45, 2.75) is 45.9 Å². The van der Waals surface area contributed by atoms with Crippen molar-refractivity contribution < 1.29 is 9.53 Å². The minimum absolute atomic E-state index is 0.199. The van der Waals surface area contributed by atoms with Gasteiger partial charge < -0.3 is 10.1 Å². The number of hydrogen-bond donors (Lipinski definition) is 1. The van der Waals surface area contributed by atoms with Gasteiger partial charge in [-0.2, -0.15) is 0 Å². The number of carbonyl (C=O) groups is 1. The van der Waals surface area contributed by atoms with E-state index in [-0.39, 0.29) is 12.1 Å². The zero-order valence-electron chi connectivity index (χ0n) is 13.0. The lowest BCUT2D eigenvalue weighted by Crippen LogP contribution is -2.41.